The molecular formula is C18H14BrN3O3S. The molecule has 1 unspecified atom stereocenters. The Morgan fingerprint density at radius 3 is 2.58 bits per heavy atom. The molecule has 0 bridgehead atoms. The summed E-state index contributed by atoms with van der Waals surface area (Å²) in [7, 11) is 0. The van der Waals surface area contributed by atoms with Crippen LogP contribution in [-0.4, -0.2) is 16.8 Å². The van der Waals surface area contributed by atoms with Crippen LogP contribution in [0.15, 0.2) is 65.3 Å². The van der Waals surface area contributed by atoms with E-state index in [0.717, 1.165) is 15.8 Å². The van der Waals surface area contributed by atoms with E-state index in [1.54, 1.807) is 24.3 Å². The van der Waals surface area contributed by atoms with Gasteiger partial charge in [0, 0.05) is 10.0 Å². The predicted molar refractivity (Wildman–Crippen MR) is 103 cm³/mol. The Kier molecular flexibility index (Phi) is 5.65. The number of thiazole rings is 1. The van der Waals surface area contributed by atoms with E-state index in [0.29, 0.717) is 11.3 Å². The molecular weight excluding hydrogens is 418 g/mol. The third-order valence-electron chi connectivity index (χ3n) is 3.37. The van der Waals surface area contributed by atoms with Crippen LogP contribution in [0.2, 0.25) is 0 Å². The fraction of sp³-hybridized carbons (Fsp3) is 0.0556. The molecule has 0 aliphatic rings. The fourth-order valence-corrected chi connectivity index (χ4v) is 3.24. The number of hydrogen-bond acceptors (Lipinski definition) is 5. The van der Waals surface area contributed by atoms with E-state index in [1.165, 1.54) is 6.20 Å². The number of nitrogens with two attached hydrogens (primary N) is 1. The van der Waals surface area contributed by atoms with Crippen LogP contribution in [0.25, 0.3) is 0 Å². The number of hydrogen-bond donors (Lipinski definition) is 2. The zero-order chi connectivity index (χ0) is 18.5. The molecule has 3 N–H and O–H groups in total. The van der Waals surface area contributed by atoms with Gasteiger partial charge in [-0.1, -0.05) is 63.7 Å². The van der Waals surface area contributed by atoms with Gasteiger partial charge < -0.3 is 10.5 Å². The average molecular weight is 432 g/mol. The molecule has 0 aliphatic heterocycles. The van der Waals surface area contributed by atoms with Gasteiger partial charge in [-0.05, 0) is 18.2 Å². The molecule has 8 heteroatoms. The number of benzene rings is 2. The van der Waals surface area contributed by atoms with Gasteiger partial charge in [0.1, 0.15) is 10.6 Å². The summed E-state index contributed by atoms with van der Waals surface area (Å²) in [5.41, 5.74) is 5.91. The number of carbonyl (C=O) groups is 2. The van der Waals surface area contributed by atoms with Crippen LogP contribution in [0.3, 0.4) is 0 Å². The normalized spacial score (nSPS) is 11.6. The molecule has 0 radical (unpaired) electrons. The quantitative estimate of drug-likeness (QED) is 0.620. The molecule has 6 nitrogen and oxygen atoms in total. The van der Waals surface area contributed by atoms with Crippen molar-refractivity contribution in [2.24, 2.45) is 5.73 Å². The molecule has 1 aromatic heterocycles. The Morgan fingerprint density at radius 1 is 1.15 bits per heavy atom. The second-order valence-electron chi connectivity index (χ2n) is 5.25. The Balaban J connectivity index is 1.84. The van der Waals surface area contributed by atoms with Gasteiger partial charge >= 0.3 is 0 Å². The lowest BCUT2D eigenvalue weighted by molar-refractivity contribution is -0.123. The Labute approximate surface area is 162 Å². The van der Waals surface area contributed by atoms with E-state index in [1.807, 2.05) is 30.3 Å². The van der Waals surface area contributed by atoms with Crippen molar-refractivity contribution in [2.75, 3.05) is 5.32 Å². The summed E-state index contributed by atoms with van der Waals surface area (Å²) in [6.45, 7) is 0. The topological polar surface area (TPSA) is 94.3 Å². The second kappa shape index (κ2) is 8.11. The maximum Gasteiger partial charge on any atom is 0.271 e. The number of primary amides is 1. The number of nitrogens with zero attached hydrogens (tertiary/aromatic N) is 1. The molecule has 0 spiro atoms. The lowest BCUT2D eigenvalue weighted by Crippen LogP contribution is -2.25. The smallest absolute Gasteiger partial charge is 0.271 e. The molecule has 0 saturated carbocycles. The van der Waals surface area contributed by atoms with E-state index < -0.39 is 17.9 Å². The maximum absolute atomic E-state index is 12.8. The van der Waals surface area contributed by atoms with Gasteiger partial charge in [0.25, 0.3) is 11.8 Å². The molecule has 2 amide bonds. The molecule has 3 aromatic rings. The van der Waals surface area contributed by atoms with Crippen molar-refractivity contribution in [3.8, 4) is 5.75 Å². The van der Waals surface area contributed by atoms with E-state index >= 15 is 0 Å². The summed E-state index contributed by atoms with van der Waals surface area (Å²) in [5.74, 6) is -0.449. The first-order chi connectivity index (χ1) is 12.5. The predicted octanol–water partition coefficient (Wildman–Crippen LogP) is 3.76. The summed E-state index contributed by atoms with van der Waals surface area (Å²) in [5, 5.41) is 2.95. The van der Waals surface area contributed by atoms with E-state index in [-0.39, 0.29) is 10.0 Å². The zero-order valence-corrected chi connectivity index (χ0v) is 15.8. The molecule has 0 fully saturated rings. The van der Waals surface area contributed by atoms with E-state index in [2.05, 4.69) is 26.2 Å². The first-order valence-corrected chi connectivity index (χ1v) is 9.17. The Bertz CT molecular complexity index is 930. The van der Waals surface area contributed by atoms with Crippen LogP contribution in [-0.2, 0) is 4.79 Å². The Hall–Kier alpha value is -2.71. The molecule has 3 rings (SSSR count). The number of aromatic nitrogens is 1. The summed E-state index contributed by atoms with van der Waals surface area (Å²) in [4.78, 5) is 28.2. The number of amides is 2. The van der Waals surface area contributed by atoms with E-state index in [9.17, 15) is 9.59 Å². The average Bonchev–Trinajstić information content (AvgIpc) is 3.09. The van der Waals surface area contributed by atoms with Crippen molar-refractivity contribution in [3.05, 3.63) is 75.7 Å². The highest BCUT2D eigenvalue weighted by molar-refractivity contribution is 9.10. The Morgan fingerprint density at radius 2 is 1.92 bits per heavy atom. The van der Waals surface area contributed by atoms with Gasteiger partial charge in [-0.2, -0.15) is 0 Å². The molecule has 1 heterocycles. The second-order valence-corrected chi connectivity index (χ2v) is 7.20. The van der Waals surface area contributed by atoms with Gasteiger partial charge in [0.15, 0.2) is 5.13 Å². The maximum atomic E-state index is 12.8. The highest BCUT2D eigenvalue weighted by Gasteiger charge is 2.24. The molecule has 26 heavy (non-hydrogen) atoms. The van der Waals surface area contributed by atoms with Gasteiger partial charge in [0.05, 0.1) is 6.20 Å². The molecule has 0 saturated heterocycles. The number of halogens is 1. The van der Waals surface area contributed by atoms with Crippen LogP contribution in [0, 0.1) is 0 Å². The minimum absolute atomic E-state index is 0.268. The SMILES string of the molecule is NC(=O)c1cnc(NC(=O)C(Oc2cccc(Br)c2)c2ccccc2)s1. The number of anilines is 1. The first kappa shape index (κ1) is 18.1. The van der Waals surface area contributed by atoms with Crippen molar-refractivity contribution in [1.82, 2.24) is 4.98 Å². The van der Waals surface area contributed by atoms with Gasteiger partial charge in [-0.3, -0.25) is 14.9 Å². The van der Waals surface area contributed by atoms with E-state index in [4.69, 9.17) is 10.5 Å². The van der Waals surface area contributed by atoms with Crippen LogP contribution >= 0.6 is 27.3 Å². The number of carbonyl (C=O) groups excluding carboxylic acids is 2. The summed E-state index contributed by atoms with van der Waals surface area (Å²) in [6.07, 6.45) is 0.446. The lowest BCUT2D eigenvalue weighted by Gasteiger charge is -2.18. The van der Waals surface area contributed by atoms with Crippen molar-refractivity contribution in [3.63, 3.8) is 0 Å². The van der Waals surface area contributed by atoms with Crippen molar-refractivity contribution in [1.29, 1.82) is 0 Å². The molecule has 2 aromatic carbocycles. The van der Waals surface area contributed by atoms with Crippen molar-refractivity contribution >= 4 is 44.2 Å². The molecule has 0 aliphatic carbocycles. The summed E-state index contributed by atoms with van der Waals surface area (Å²) >= 11 is 4.39. The third-order valence-corrected chi connectivity index (χ3v) is 4.79. The van der Waals surface area contributed by atoms with Gasteiger partial charge in [-0.15, -0.1) is 0 Å². The number of rotatable bonds is 6. The van der Waals surface area contributed by atoms with Crippen molar-refractivity contribution < 1.29 is 14.3 Å². The van der Waals surface area contributed by atoms with Crippen LogP contribution < -0.4 is 15.8 Å². The summed E-state index contributed by atoms with van der Waals surface area (Å²) in [6, 6.07) is 16.4. The summed E-state index contributed by atoms with van der Waals surface area (Å²) < 4.78 is 6.75. The molecule has 1 atom stereocenters. The third kappa shape index (κ3) is 4.47. The minimum Gasteiger partial charge on any atom is -0.476 e. The van der Waals surface area contributed by atoms with Crippen molar-refractivity contribution in [2.45, 2.75) is 6.10 Å². The number of ether oxygens (including phenoxy) is 1. The fourth-order valence-electron chi connectivity index (χ4n) is 2.19. The van der Waals surface area contributed by atoms with Gasteiger partial charge in [-0.25, -0.2) is 4.98 Å². The van der Waals surface area contributed by atoms with Crippen LogP contribution in [0.4, 0.5) is 5.13 Å². The van der Waals surface area contributed by atoms with Crippen LogP contribution in [0.1, 0.15) is 21.3 Å². The molecule has 132 valence electrons. The van der Waals surface area contributed by atoms with Crippen LogP contribution in [0.5, 0.6) is 5.75 Å². The lowest BCUT2D eigenvalue weighted by atomic mass is 10.1. The highest BCUT2D eigenvalue weighted by atomic mass is 79.9. The first-order valence-electron chi connectivity index (χ1n) is 7.56. The largest absolute Gasteiger partial charge is 0.476 e. The van der Waals surface area contributed by atoms with Gasteiger partial charge in [0.2, 0.25) is 6.10 Å². The number of nitrogens with one attached hydrogen (secondary N) is 1. The zero-order valence-electron chi connectivity index (χ0n) is 13.4. The highest BCUT2D eigenvalue weighted by Crippen LogP contribution is 2.27. The minimum atomic E-state index is -0.883. The standard InChI is InChI=1S/C18H14BrN3O3S/c19-12-7-4-8-13(9-12)25-15(11-5-2-1-3-6-11)17(24)22-18-21-10-14(26-18)16(20)23/h1-10,15H,(H2,20,23)(H,21,22,24). The monoisotopic (exact) mass is 431 g/mol.